The molecule has 2 aromatic rings. The summed E-state index contributed by atoms with van der Waals surface area (Å²) in [4.78, 5) is 13.0. The second-order valence-corrected chi connectivity index (χ2v) is 8.73. The number of carbonyl (C=O) groups is 1. The minimum Gasteiger partial charge on any atom is -0.381 e. The molecule has 1 aliphatic heterocycles. The molecule has 0 N–H and O–H groups in total. The molecule has 1 saturated heterocycles. The molecular weight excluding hydrogens is 384 g/mol. The summed E-state index contributed by atoms with van der Waals surface area (Å²) in [6, 6.07) is 5.66. The average Bonchev–Trinajstić information content (AvgIpc) is 3.30. The van der Waals surface area contributed by atoms with Crippen LogP contribution >= 0.6 is 11.6 Å². The Bertz CT molecular complexity index is 848. The summed E-state index contributed by atoms with van der Waals surface area (Å²) in [6.45, 7) is 1.55. The Morgan fingerprint density at radius 2 is 2.04 bits per heavy atom. The number of hydrogen-bond donors (Lipinski definition) is 0. The number of ether oxygens (including phenoxy) is 1. The van der Waals surface area contributed by atoms with E-state index >= 15 is 0 Å². The maximum absolute atomic E-state index is 13.3. The third-order valence-electron chi connectivity index (χ3n) is 6.26. The number of alkyl halides is 2. The largest absolute Gasteiger partial charge is 0.381 e. The van der Waals surface area contributed by atoms with E-state index in [-0.39, 0.29) is 24.5 Å². The van der Waals surface area contributed by atoms with Crippen molar-refractivity contribution < 1.29 is 18.3 Å². The molecule has 0 aromatic carbocycles. The fourth-order valence-corrected chi connectivity index (χ4v) is 4.82. The lowest BCUT2D eigenvalue weighted by atomic mass is 9.83. The fourth-order valence-electron chi connectivity index (χ4n) is 4.55. The van der Waals surface area contributed by atoms with Crippen LogP contribution in [0.3, 0.4) is 0 Å². The highest BCUT2D eigenvalue weighted by atomic mass is 35.5. The summed E-state index contributed by atoms with van der Waals surface area (Å²) in [5.41, 5.74) is 2.49. The van der Waals surface area contributed by atoms with Crippen molar-refractivity contribution in [2.45, 2.75) is 57.3 Å². The normalized spacial score (nSPS) is 22.8. The minimum absolute atomic E-state index is 0.0526. The third-order valence-corrected chi connectivity index (χ3v) is 6.56. The lowest BCUT2D eigenvalue weighted by molar-refractivity contribution is -0.0464. The first-order valence-corrected chi connectivity index (χ1v) is 10.6. The van der Waals surface area contributed by atoms with Crippen LogP contribution in [0.15, 0.2) is 24.4 Å². The second kappa shape index (κ2) is 8.11. The van der Waals surface area contributed by atoms with Gasteiger partial charge in [0.1, 0.15) is 0 Å². The molecule has 2 fully saturated rings. The van der Waals surface area contributed by atoms with Crippen LogP contribution < -0.4 is 0 Å². The smallest absolute Gasteiger partial charge is 0.248 e. The van der Waals surface area contributed by atoms with Crippen LogP contribution in [0, 0.1) is 11.8 Å². The molecule has 0 unspecified atom stereocenters. The van der Waals surface area contributed by atoms with Gasteiger partial charge in [0.15, 0.2) is 5.78 Å². The van der Waals surface area contributed by atoms with E-state index in [0.29, 0.717) is 42.2 Å². The lowest BCUT2D eigenvalue weighted by Crippen LogP contribution is -2.24. The van der Waals surface area contributed by atoms with Gasteiger partial charge in [-0.05, 0) is 62.1 Å². The van der Waals surface area contributed by atoms with Crippen molar-refractivity contribution in [2.75, 3.05) is 13.2 Å². The predicted octanol–water partition coefficient (Wildman–Crippen LogP) is 5.96. The van der Waals surface area contributed by atoms with Crippen LogP contribution in [0.5, 0.6) is 0 Å². The maximum Gasteiger partial charge on any atom is 0.248 e. The summed E-state index contributed by atoms with van der Waals surface area (Å²) in [7, 11) is 0. The fraction of sp³-hybridized carbons (Fsp3) is 0.591. The monoisotopic (exact) mass is 409 g/mol. The van der Waals surface area contributed by atoms with Gasteiger partial charge in [-0.1, -0.05) is 11.6 Å². The number of halogens is 3. The Kier molecular flexibility index (Phi) is 5.75. The first kappa shape index (κ1) is 19.8. The quantitative estimate of drug-likeness (QED) is 0.551. The zero-order valence-corrected chi connectivity index (χ0v) is 16.7. The maximum atomic E-state index is 13.3. The van der Waals surface area contributed by atoms with E-state index in [1.165, 1.54) is 0 Å². The SMILES string of the molecule is O=C(CCC1CCC(F)(F)CC1)c1cc(C[C@@H]2CCOC2)n2cccc(Cl)c12. The van der Waals surface area contributed by atoms with Gasteiger partial charge < -0.3 is 9.14 Å². The Labute approximate surface area is 169 Å². The second-order valence-electron chi connectivity index (χ2n) is 8.32. The highest BCUT2D eigenvalue weighted by Gasteiger charge is 2.35. The number of Topliss-reactive ketones (excluding diaryl/α,β-unsaturated/α-hetero) is 1. The Hall–Kier alpha value is -1.46. The van der Waals surface area contributed by atoms with E-state index in [2.05, 4.69) is 0 Å². The zero-order valence-electron chi connectivity index (χ0n) is 15.9. The van der Waals surface area contributed by atoms with Gasteiger partial charge >= 0.3 is 0 Å². The standard InChI is InChI=1S/C22H26ClF2NO2/c23-19-2-1-10-26-17(12-16-7-11-28-14-16)13-18(21(19)26)20(27)4-3-15-5-8-22(24,25)9-6-15/h1-2,10,13,15-16H,3-9,11-12,14H2/t16-/m0/s1. The molecule has 0 radical (unpaired) electrons. The molecular formula is C22H26ClF2NO2. The van der Waals surface area contributed by atoms with Gasteiger partial charge in [-0.25, -0.2) is 8.78 Å². The summed E-state index contributed by atoms with van der Waals surface area (Å²) < 4.78 is 34.2. The molecule has 4 rings (SSSR count). The Balaban J connectivity index is 1.50. The van der Waals surface area contributed by atoms with Crippen molar-refractivity contribution in [2.24, 2.45) is 11.8 Å². The van der Waals surface area contributed by atoms with Gasteiger partial charge in [-0.15, -0.1) is 0 Å². The predicted molar refractivity (Wildman–Crippen MR) is 106 cm³/mol. The van der Waals surface area contributed by atoms with E-state index in [9.17, 15) is 13.6 Å². The van der Waals surface area contributed by atoms with Crippen LogP contribution in [0.4, 0.5) is 8.78 Å². The number of aromatic nitrogens is 1. The molecule has 0 spiro atoms. The van der Waals surface area contributed by atoms with Crippen molar-refractivity contribution >= 4 is 22.9 Å². The summed E-state index contributed by atoms with van der Waals surface area (Å²) in [5.74, 6) is -1.80. The molecule has 152 valence electrons. The molecule has 1 saturated carbocycles. The van der Waals surface area contributed by atoms with Crippen molar-refractivity contribution in [1.29, 1.82) is 0 Å². The molecule has 28 heavy (non-hydrogen) atoms. The Morgan fingerprint density at radius 1 is 1.25 bits per heavy atom. The number of pyridine rings is 1. The van der Waals surface area contributed by atoms with E-state index in [4.69, 9.17) is 16.3 Å². The average molecular weight is 410 g/mol. The summed E-state index contributed by atoms with van der Waals surface area (Å²) >= 11 is 6.44. The third kappa shape index (κ3) is 4.25. The van der Waals surface area contributed by atoms with Crippen molar-refractivity contribution in [3.05, 3.63) is 40.7 Å². The minimum atomic E-state index is -2.52. The number of ketones is 1. The van der Waals surface area contributed by atoms with Crippen LogP contribution in [0.1, 0.15) is 61.0 Å². The number of fused-ring (bicyclic) bond motifs is 1. The molecule has 1 aliphatic carbocycles. The first-order valence-electron chi connectivity index (χ1n) is 10.2. The van der Waals surface area contributed by atoms with Crippen molar-refractivity contribution in [3.63, 3.8) is 0 Å². The molecule has 1 atom stereocenters. The van der Waals surface area contributed by atoms with E-state index in [1.54, 1.807) is 6.07 Å². The highest BCUT2D eigenvalue weighted by Crippen LogP contribution is 2.38. The van der Waals surface area contributed by atoms with Crippen molar-refractivity contribution in [1.82, 2.24) is 4.40 Å². The van der Waals surface area contributed by atoms with Crippen LogP contribution in [0.25, 0.3) is 5.52 Å². The molecule has 0 amide bonds. The first-order chi connectivity index (χ1) is 13.4. The van der Waals surface area contributed by atoms with Crippen LogP contribution in [0.2, 0.25) is 5.02 Å². The number of nitrogens with zero attached hydrogens (tertiary/aromatic N) is 1. The van der Waals surface area contributed by atoms with Crippen LogP contribution in [-0.2, 0) is 11.2 Å². The van der Waals surface area contributed by atoms with Gasteiger partial charge in [-0.3, -0.25) is 4.79 Å². The molecule has 3 heterocycles. The topological polar surface area (TPSA) is 30.7 Å². The Morgan fingerprint density at radius 3 is 2.75 bits per heavy atom. The van der Waals surface area contributed by atoms with E-state index in [1.807, 2.05) is 22.7 Å². The molecule has 2 aliphatic rings. The number of hydrogen-bond acceptors (Lipinski definition) is 2. The van der Waals surface area contributed by atoms with Gasteiger partial charge in [0.2, 0.25) is 5.92 Å². The summed E-state index contributed by atoms with van der Waals surface area (Å²) in [5, 5.41) is 0.567. The number of rotatable bonds is 6. The van der Waals surface area contributed by atoms with E-state index in [0.717, 1.165) is 37.3 Å². The summed E-state index contributed by atoms with van der Waals surface area (Å²) in [6.07, 6.45) is 5.79. The van der Waals surface area contributed by atoms with Gasteiger partial charge in [0.05, 0.1) is 10.5 Å². The molecule has 2 aromatic heterocycles. The van der Waals surface area contributed by atoms with Gasteiger partial charge in [-0.2, -0.15) is 0 Å². The van der Waals surface area contributed by atoms with E-state index < -0.39 is 5.92 Å². The molecule has 6 heteroatoms. The van der Waals surface area contributed by atoms with Crippen molar-refractivity contribution in [3.8, 4) is 0 Å². The highest BCUT2D eigenvalue weighted by molar-refractivity contribution is 6.35. The zero-order chi connectivity index (χ0) is 19.7. The molecule has 0 bridgehead atoms. The van der Waals surface area contributed by atoms with Gasteiger partial charge in [0.25, 0.3) is 0 Å². The number of carbonyl (C=O) groups excluding carboxylic acids is 1. The lowest BCUT2D eigenvalue weighted by Gasteiger charge is -2.27. The molecule has 3 nitrogen and oxygen atoms in total. The van der Waals surface area contributed by atoms with Gasteiger partial charge in [0, 0.05) is 49.9 Å². The van der Waals surface area contributed by atoms with Crippen LogP contribution in [-0.4, -0.2) is 29.3 Å².